The number of nitrogens with zero attached hydrogens (tertiary/aromatic N) is 2. The number of aromatic nitrogens is 2. The van der Waals surface area contributed by atoms with Gasteiger partial charge in [-0.3, -0.25) is 19.3 Å². The number of hydrogen-bond acceptors (Lipinski definition) is 4. The summed E-state index contributed by atoms with van der Waals surface area (Å²) in [6, 6.07) is 3.48. The van der Waals surface area contributed by atoms with Gasteiger partial charge in [0.25, 0.3) is 11.8 Å². The topological polar surface area (TPSA) is 89.5 Å². The van der Waals surface area contributed by atoms with Gasteiger partial charge < -0.3 is 5.73 Å². The number of imidazole rings is 1. The van der Waals surface area contributed by atoms with E-state index in [0.717, 1.165) is 0 Å². The molecule has 0 bridgehead atoms. The van der Waals surface area contributed by atoms with E-state index < -0.39 is 11.8 Å². The van der Waals surface area contributed by atoms with Crippen LogP contribution in [0.4, 0.5) is 5.69 Å². The van der Waals surface area contributed by atoms with Crippen molar-refractivity contribution in [2.75, 3.05) is 5.73 Å². The molecule has 3 heterocycles. The molecule has 2 aromatic rings. The van der Waals surface area contributed by atoms with E-state index in [2.05, 4.69) is 10.3 Å². The number of hydrogen-bond donors (Lipinski definition) is 2. The van der Waals surface area contributed by atoms with Crippen molar-refractivity contribution in [1.82, 2.24) is 14.7 Å². The number of pyridine rings is 1. The molecule has 6 heteroatoms. The van der Waals surface area contributed by atoms with E-state index in [-0.39, 0.29) is 0 Å². The number of nitrogens with two attached hydrogens (primary N) is 1. The first-order valence-corrected chi connectivity index (χ1v) is 4.96. The second kappa shape index (κ2) is 3.18. The summed E-state index contributed by atoms with van der Waals surface area (Å²) in [5.74, 6) is -0.830. The standard InChI is InChI=1S/C11H8N4O2/c12-7-2-1-3-15-8(5-13-10(7)15)6-4-9(16)14-11(6)17/h1-5H,12H2,(H,14,16,17). The predicted molar refractivity (Wildman–Crippen MR) is 60.7 cm³/mol. The largest absolute Gasteiger partial charge is 0.396 e. The smallest absolute Gasteiger partial charge is 0.260 e. The Kier molecular flexibility index (Phi) is 1.79. The molecule has 0 fully saturated rings. The van der Waals surface area contributed by atoms with Crippen molar-refractivity contribution < 1.29 is 9.59 Å². The molecular weight excluding hydrogens is 220 g/mol. The Morgan fingerprint density at radius 2 is 2.18 bits per heavy atom. The van der Waals surface area contributed by atoms with Crippen molar-refractivity contribution in [3.05, 3.63) is 36.3 Å². The van der Waals surface area contributed by atoms with Gasteiger partial charge in [-0.2, -0.15) is 0 Å². The SMILES string of the molecule is Nc1cccn2c(C3=CC(=O)NC3=O)cnc12. The van der Waals surface area contributed by atoms with Crippen molar-refractivity contribution in [2.45, 2.75) is 0 Å². The minimum Gasteiger partial charge on any atom is -0.396 e. The lowest BCUT2D eigenvalue weighted by atomic mass is 10.2. The Labute approximate surface area is 95.7 Å². The van der Waals surface area contributed by atoms with E-state index >= 15 is 0 Å². The molecule has 0 spiro atoms. The molecule has 17 heavy (non-hydrogen) atoms. The number of imide groups is 1. The fraction of sp³-hybridized carbons (Fsp3) is 0. The second-order valence-corrected chi connectivity index (χ2v) is 3.68. The number of fused-ring (bicyclic) bond motifs is 1. The summed E-state index contributed by atoms with van der Waals surface area (Å²) in [6.45, 7) is 0. The molecule has 0 radical (unpaired) electrons. The normalized spacial score (nSPS) is 15.2. The maximum Gasteiger partial charge on any atom is 0.260 e. The third-order valence-corrected chi connectivity index (χ3v) is 2.60. The van der Waals surface area contributed by atoms with E-state index in [0.29, 0.717) is 22.6 Å². The average molecular weight is 228 g/mol. The molecule has 3 rings (SSSR count). The molecule has 84 valence electrons. The Hall–Kier alpha value is -2.63. The first-order chi connectivity index (χ1) is 8.16. The maximum atomic E-state index is 11.5. The van der Waals surface area contributed by atoms with E-state index in [1.54, 1.807) is 22.7 Å². The van der Waals surface area contributed by atoms with Crippen LogP contribution in [0.1, 0.15) is 5.69 Å². The van der Waals surface area contributed by atoms with Crippen LogP contribution in [0, 0.1) is 0 Å². The Morgan fingerprint density at radius 1 is 1.35 bits per heavy atom. The van der Waals surface area contributed by atoms with Crippen LogP contribution in [-0.4, -0.2) is 21.2 Å². The van der Waals surface area contributed by atoms with Crippen LogP contribution < -0.4 is 11.1 Å². The summed E-state index contributed by atoms with van der Waals surface area (Å²) in [4.78, 5) is 26.8. The average Bonchev–Trinajstić information content (AvgIpc) is 2.83. The molecule has 2 aromatic heterocycles. The van der Waals surface area contributed by atoms with E-state index in [9.17, 15) is 9.59 Å². The van der Waals surface area contributed by atoms with Crippen LogP contribution in [0.25, 0.3) is 11.2 Å². The molecule has 1 aliphatic heterocycles. The molecule has 0 saturated carbocycles. The summed E-state index contributed by atoms with van der Waals surface area (Å²) < 4.78 is 1.68. The highest BCUT2D eigenvalue weighted by Crippen LogP contribution is 2.21. The van der Waals surface area contributed by atoms with Crippen LogP contribution in [0.15, 0.2) is 30.6 Å². The molecule has 0 saturated heterocycles. The minimum absolute atomic E-state index is 0.299. The van der Waals surface area contributed by atoms with E-state index in [1.807, 2.05) is 0 Å². The number of anilines is 1. The third-order valence-electron chi connectivity index (χ3n) is 2.60. The van der Waals surface area contributed by atoms with Crippen LogP contribution >= 0.6 is 0 Å². The van der Waals surface area contributed by atoms with Crippen molar-refractivity contribution >= 4 is 28.7 Å². The van der Waals surface area contributed by atoms with Gasteiger partial charge in [0.1, 0.15) is 0 Å². The summed E-state index contributed by atoms with van der Waals surface area (Å²) in [5.41, 5.74) is 7.69. The highest BCUT2D eigenvalue weighted by molar-refractivity contribution is 6.33. The molecule has 1 aliphatic rings. The van der Waals surface area contributed by atoms with Crippen molar-refractivity contribution in [3.63, 3.8) is 0 Å². The van der Waals surface area contributed by atoms with Crippen LogP contribution in [0.5, 0.6) is 0 Å². The lowest BCUT2D eigenvalue weighted by molar-refractivity contribution is -0.123. The van der Waals surface area contributed by atoms with Gasteiger partial charge in [0.2, 0.25) is 0 Å². The predicted octanol–water partition coefficient (Wildman–Crippen LogP) is -0.0437. The fourth-order valence-electron chi connectivity index (χ4n) is 1.83. The lowest BCUT2D eigenvalue weighted by Crippen LogP contribution is -2.22. The molecular formula is C11H8N4O2. The maximum absolute atomic E-state index is 11.5. The number of rotatable bonds is 1. The fourth-order valence-corrected chi connectivity index (χ4v) is 1.83. The molecule has 0 atom stereocenters. The molecule has 6 nitrogen and oxygen atoms in total. The van der Waals surface area contributed by atoms with Gasteiger partial charge in [-0.1, -0.05) is 0 Å². The minimum atomic E-state index is -0.417. The molecule has 0 aliphatic carbocycles. The molecule has 0 aromatic carbocycles. The summed E-state index contributed by atoms with van der Waals surface area (Å²) in [6.07, 6.45) is 4.52. The second-order valence-electron chi connectivity index (χ2n) is 3.68. The Morgan fingerprint density at radius 3 is 2.88 bits per heavy atom. The van der Waals surface area contributed by atoms with E-state index in [4.69, 9.17) is 5.73 Å². The highest BCUT2D eigenvalue weighted by Gasteiger charge is 2.24. The quantitative estimate of drug-likeness (QED) is 0.670. The monoisotopic (exact) mass is 228 g/mol. The first-order valence-electron chi connectivity index (χ1n) is 4.96. The number of nitrogens with one attached hydrogen (secondary N) is 1. The zero-order valence-corrected chi connectivity index (χ0v) is 8.68. The van der Waals surface area contributed by atoms with Crippen LogP contribution in [-0.2, 0) is 9.59 Å². The van der Waals surface area contributed by atoms with Gasteiger partial charge in [-0.15, -0.1) is 0 Å². The summed E-state index contributed by atoms with van der Waals surface area (Å²) >= 11 is 0. The molecule has 0 unspecified atom stereocenters. The molecule has 3 N–H and O–H groups in total. The number of carbonyl (C=O) groups excluding carboxylic acids is 2. The summed E-state index contributed by atoms with van der Waals surface area (Å²) in [7, 11) is 0. The zero-order valence-electron chi connectivity index (χ0n) is 8.68. The lowest BCUT2D eigenvalue weighted by Gasteiger charge is -2.01. The number of carbonyl (C=O) groups is 2. The van der Waals surface area contributed by atoms with E-state index in [1.165, 1.54) is 12.3 Å². The van der Waals surface area contributed by atoms with Crippen molar-refractivity contribution in [1.29, 1.82) is 0 Å². The van der Waals surface area contributed by atoms with Gasteiger partial charge in [-0.05, 0) is 12.1 Å². The Bertz CT molecular complexity index is 684. The number of amides is 2. The van der Waals surface area contributed by atoms with Crippen molar-refractivity contribution in [2.24, 2.45) is 0 Å². The van der Waals surface area contributed by atoms with Gasteiger partial charge >= 0.3 is 0 Å². The van der Waals surface area contributed by atoms with Crippen LogP contribution in [0.3, 0.4) is 0 Å². The van der Waals surface area contributed by atoms with Gasteiger partial charge in [-0.25, -0.2) is 4.98 Å². The third kappa shape index (κ3) is 1.31. The number of nitrogen functional groups attached to an aromatic ring is 1. The molecule has 2 amide bonds. The van der Waals surface area contributed by atoms with Gasteiger partial charge in [0.05, 0.1) is 23.2 Å². The van der Waals surface area contributed by atoms with Gasteiger partial charge in [0, 0.05) is 12.3 Å². The highest BCUT2D eigenvalue weighted by atomic mass is 16.2. The van der Waals surface area contributed by atoms with Crippen molar-refractivity contribution in [3.8, 4) is 0 Å². The zero-order chi connectivity index (χ0) is 12.0. The first kappa shape index (κ1) is 9.59. The Balaban J connectivity index is 2.26. The van der Waals surface area contributed by atoms with Gasteiger partial charge in [0.15, 0.2) is 5.65 Å². The summed E-state index contributed by atoms with van der Waals surface area (Å²) in [5, 5.41) is 2.19. The van der Waals surface area contributed by atoms with Crippen LogP contribution in [0.2, 0.25) is 0 Å².